The van der Waals surface area contributed by atoms with Crippen LogP contribution in [0.25, 0.3) is 0 Å². The maximum absolute atomic E-state index is 11.6. The highest BCUT2D eigenvalue weighted by Gasteiger charge is 2.23. The van der Waals surface area contributed by atoms with E-state index in [1.807, 2.05) is 0 Å². The van der Waals surface area contributed by atoms with E-state index in [0.29, 0.717) is 18.9 Å². The molecule has 1 rings (SSSR count). The summed E-state index contributed by atoms with van der Waals surface area (Å²) in [5.74, 6) is -0.328. The molecule has 0 spiro atoms. The minimum Gasteiger partial charge on any atom is -0.480 e. The number of rotatable bonds is 4. The number of carboxylic acids is 1. The first-order chi connectivity index (χ1) is 7.13. The van der Waals surface area contributed by atoms with Crippen molar-refractivity contribution in [1.82, 2.24) is 4.90 Å². The molecular formula is C11H19NO3. The van der Waals surface area contributed by atoms with E-state index in [0.717, 1.165) is 25.7 Å². The van der Waals surface area contributed by atoms with Crippen LogP contribution >= 0.6 is 0 Å². The molecule has 86 valence electrons. The normalized spacial score (nSPS) is 22.6. The van der Waals surface area contributed by atoms with Crippen LogP contribution in [0.5, 0.6) is 0 Å². The van der Waals surface area contributed by atoms with E-state index in [2.05, 4.69) is 6.92 Å². The summed E-state index contributed by atoms with van der Waals surface area (Å²) < 4.78 is 0. The Hall–Kier alpha value is -1.06. The Morgan fingerprint density at radius 1 is 1.53 bits per heavy atom. The molecule has 1 aliphatic rings. The molecule has 0 aliphatic carbocycles. The lowest BCUT2D eigenvalue weighted by atomic mass is 9.96. The average Bonchev–Trinajstić information content (AvgIpc) is 2.32. The fourth-order valence-electron chi connectivity index (χ4n) is 2.12. The molecule has 0 aromatic heterocycles. The topological polar surface area (TPSA) is 57.6 Å². The van der Waals surface area contributed by atoms with Crippen LogP contribution in [-0.2, 0) is 9.59 Å². The monoisotopic (exact) mass is 213 g/mol. The number of amides is 1. The minimum atomic E-state index is -0.919. The van der Waals surface area contributed by atoms with Crippen LogP contribution < -0.4 is 0 Å². The van der Waals surface area contributed by atoms with Gasteiger partial charge in [-0.1, -0.05) is 19.8 Å². The molecule has 1 fully saturated rings. The molecule has 4 nitrogen and oxygen atoms in total. The largest absolute Gasteiger partial charge is 0.480 e. The van der Waals surface area contributed by atoms with Crippen molar-refractivity contribution in [2.45, 2.75) is 39.0 Å². The first-order valence-electron chi connectivity index (χ1n) is 5.63. The Morgan fingerprint density at radius 3 is 2.87 bits per heavy atom. The Balaban J connectivity index is 2.47. The van der Waals surface area contributed by atoms with E-state index in [9.17, 15) is 9.59 Å². The molecule has 0 radical (unpaired) electrons. The maximum atomic E-state index is 11.6. The molecule has 0 bridgehead atoms. The molecular weight excluding hydrogens is 194 g/mol. The van der Waals surface area contributed by atoms with Crippen LogP contribution in [0.1, 0.15) is 39.0 Å². The van der Waals surface area contributed by atoms with Crippen molar-refractivity contribution in [3.63, 3.8) is 0 Å². The fourth-order valence-corrected chi connectivity index (χ4v) is 2.12. The van der Waals surface area contributed by atoms with E-state index < -0.39 is 5.97 Å². The minimum absolute atomic E-state index is 0.00370. The Kier molecular flexibility index (Phi) is 4.59. The van der Waals surface area contributed by atoms with Crippen molar-refractivity contribution >= 4 is 11.9 Å². The van der Waals surface area contributed by atoms with Gasteiger partial charge in [-0.2, -0.15) is 0 Å². The average molecular weight is 213 g/mol. The lowest BCUT2D eigenvalue weighted by Crippen LogP contribution is -2.35. The van der Waals surface area contributed by atoms with Crippen molar-refractivity contribution in [2.75, 3.05) is 13.1 Å². The van der Waals surface area contributed by atoms with Gasteiger partial charge in [-0.15, -0.1) is 0 Å². The van der Waals surface area contributed by atoms with Crippen LogP contribution in [0.15, 0.2) is 0 Å². The van der Waals surface area contributed by atoms with E-state index in [1.54, 1.807) is 0 Å². The van der Waals surface area contributed by atoms with Crippen LogP contribution in [0.3, 0.4) is 0 Å². The number of hydrogen-bond donors (Lipinski definition) is 1. The van der Waals surface area contributed by atoms with Crippen molar-refractivity contribution in [3.8, 4) is 0 Å². The fraction of sp³-hybridized carbons (Fsp3) is 0.818. The van der Waals surface area contributed by atoms with Gasteiger partial charge in [0.1, 0.15) is 6.54 Å². The second kappa shape index (κ2) is 5.73. The molecule has 1 amide bonds. The first kappa shape index (κ1) is 12.0. The number of carbonyl (C=O) groups excluding carboxylic acids is 1. The van der Waals surface area contributed by atoms with Crippen molar-refractivity contribution < 1.29 is 14.7 Å². The number of hydrogen-bond acceptors (Lipinski definition) is 2. The summed E-state index contributed by atoms with van der Waals surface area (Å²) in [4.78, 5) is 23.6. The highest BCUT2D eigenvalue weighted by Crippen LogP contribution is 2.22. The second-order valence-corrected chi connectivity index (χ2v) is 4.19. The molecule has 1 unspecified atom stereocenters. The van der Waals surface area contributed by atoms with Gasteiger partial charge in [-0.3, -0.25) is 9.59 Å². The molecule has 1 heterocycles. The van der Waals surface area contributed by atoms with Crippen LogP contribution in [0, 0.1) is 5.92 Å². The van der Waals surface area contributed by atoms with E-state index >= 15 is 0 Å². The van der Waals surface area contributed by atoms with E-state index in [4.69, 9.17) is 5.11 Å². The number of carboxylic acid groups (broad SMARTS) is 1. The van der Waals surface area contributed by atoms with Crippen molar-refractivity contribution in [3.05, 3.63) is 0 Å². The lowest BCUT2D eigenvalue weighted by molar-refractivity contribution is -0.144. The molecule has 4 heteroatoms. The van der Waals surface area contributed by atoms with Gasteiger partial charge >= 0.3 is 5.97 Å². The highest BCUT2D eigenvalue weighted by atomic mass is 16.4. The predicted molar refractivity (Wildman–Crippen MR) is 56.5 cm³/mol. The number of likely N-dealkylation sites (tertiary alicyclic amines) is 1. The highest BCUT2D eigenvalue weighted by molar-refractivity contribution is 5.81. The Morgan fingerprint density at radius 2 is 2.27 bits per heavy atom. The number of aliphatic carboxylic acids is 1. The first-order valence-corrected chi connectivity index (χ1v) is 5.63. The van der Waals surface area contributed by atoms with E-state index in [1.165, 1.54) is 4.90 Å². The van der Waals surface area contributed by atoms with Crippen molar-refractivity contribution in [2.24, 2.45) is 5.92 Å². The van der Waals surface area contributed by atoms with Gasteiger partial charge in [0.05, 0.1) is 0 Å². The predicted octanol–water partition coefficient (Wildman–Crippen LogP) is 1.50. The molecule has 0 aromatic rings. The van der Waals surface area contributed by atoms with Crippen LogP contribution in [0.4, 0.5) is 0 Å². The summed E-state index contributed by atoms with van der Waals surface area (Å²) >= 11 is 0. The molecule has 1 aliphatic heterocycles. The number of carbonyl (C=O) groups is 2. The zero-order chi connectivity index (χ0) is 11.3. The zero-order valence-electron chi connectivity index (χ0n) is 9.24. The molecule has 1 atom stereocenters. The third kappa shape index (κ3) is 3.90. The van der Waals surface area contributed by atoms with Crippen molar-refractivity contribution in [1.29, 1.82) is 0 Å². The zero-order valence-corrected chi connectivity index (χ0v) is 9.24. The van der Waals surface area contributed by atoms with Gasteiger partial charge in [0, 0.05) is 13.0 Å². The summed E-state index contributed by atoms with van der Waals surface area (Å²) in [6.07, 6.45) is 4.67. The van der Waals surface area contributed by atoms with Gasteiger partial charge in [-0.05, 0) is 18.8 Å². The molecule has 0 aromatic carbocycles. The van der Waals surface area contributed by atoms with Crippen LogP contribution in [0.2, 0.25) is 0 Å². The summed E-state index contributed by atoms with van der Waals surface area (Å²) in [6.45, 7) is 2.61. The Bertz CT molecular complexity index is 240. The quantitative estimate of drug-likeness (QED) is 0.770. The SMILES string of the molecule is CCCC1CCC(=O)N(CC(=O)O)CC1. The summed E-state index contributed by atoms with van der Waals surface area (Å²) in [7, 11) is 0. The van der Waals surface area contributed by atoms with Gasteiger partial charge in [0.25, 0.3) is 0 Å². The number of nitrogens with zero attached hydrogens (tertiary/aromatic N) is 1. The third-order valence-electron chi connectivity index (χ3n) is 2.95. The summed E-state index contributed by atoms with van der Waals surface area (Å²) in [6, 6.07) is 0. The smallest absolute Gasteiger partial charge is 0.323 e. The standard InChI is InChI=1S/C11H19NO3/c1-2-3-9-4-5-10(13)12(7-6-9)8-11(14)15/h9H,2-8H2,1H3,(H,14,15). The second-order valence-electron chi connectivity index (χ2n) is 4.19. The van der Waals surface area contributed by atoms with Crippen LogP contribution in [-0.4, -0.2) is 35.0 Å². The third-order valence-corrected chi connectivity index (χ3v) is 2.95. The van der Waals surface area contributed by atoms with Gasteiger partial charge < -0.3 is 10.0 Å². The summed E-state index contributed by atoms with van der Waals surface area (Å²) in [5.41, 5.74) is 0. The summed E-state index contributed by atoms with van der Waals surface area (Å²) in [5, 5.41) is 8.65. The maximum Gasteiger partial charge on any atom is 0.323 e. The van der Waals surface area contributed by atoms with E-state index in [-0.39, 0.29) is 12.5 Å². The molecule has 1 saturated heterocycles. The van der Waals surface area contributed by atoms with Gasteiger partial charge in [-0.25, -0.2) is 0 Å². The molecule has 0 saturated carbocycles. The Labute approximate surface area is 90.3 Å². The van der Waals surface area contributed by atoms with Gasteiger partial charge in [0.2, 0.25) is 5.91 Å². The lowest BCUT2D eigenvalue weighted by Gasteiger charge is -2.18. The molecule has 15 heavy (non-hydrogen) atoms. The molecule has 1 N–H and O–H groups in total. The van der Waals surface area contributed by atoms with Gasteiger partial charge in [0.15, 0.2) is 0 Å².